The molecule has 1 atom stereocenters. The van der Waals surface area contributed by atoms with Gasteiger partial charge in [0.1, 0.15) is 6.07 Å². The predicted octanol–water partition coefficient (Wildman–Crippen LogP) is 1.27. The van der Waals surface area contributed by atoms with Gasteiger partial charge in [-0.1, -0.05) is 12.1 Å². The van der Waals surface area contributed by atoms with Gasteiger partial charge in [0.15, 0.2) is 0 Å². The fourth-order valence-electron chi connectivity index (χ4n) is 2.11. The average molecular weight is 289 g/mol. The third kappa shape index (κ3) is 3.94. The van der Waals surface area contributed by atoms with E-state index in [-0.39, 0.29) is 19.0 Å². The van der Waals surface area contributed by atoms with Crippen molar-refractivity contribution in [3.63, 3.8) is 0 Å². The zero-order chi connectivity index (χ0) is 15.2. The van der Waals surface area contributed by atoms with Crippen LogP contribution in [0.1, 0.15) is 12.0 Å². The van der Waals surface area contributed by atoms with Gasteiger partial charge in [0, 0.05) is 13.1 Å². The highest BCUT2D eigenvalue weighted by atomic mass is 16.5. The minimum atomic E-state index is -0.961. The first-order valence-electron chi connectivity index (χ1n) is 6.48. The third-order valence-electron chi connectivity index (χ3n) is 3.12. The zero-order valence-electron chi connectivity index (χ0n) is 11.3. The molecule has 1 unspecified atom stereocenters. The Morgan fingerprint density at radius 1 is 1.48 bits per heavy atom. The normalized spacial score (nSPS) is 17.9. The number of anilines is 1. The van der Waals surface area contributed by atoms with Crippen LogP contribution in [0.25, 0.3) is 0 Å². The molecule has 1 saturated heterocycles. The Morgan fingerprint density at radius 3 is 2.95 bits per heavy atom. The molecule has 2 amide bonds. The summed E-state index contributed by atoms with van der Waals surface area (Å²) in [5.41, 5.74) is 0.812. The lowest BCUT2D eigenvalue weighted by molar-refractivity contribution is -0.141. The maximum absolute atomic E-state index is 12.2. The molecule has 2 N–H and O–H groups in total. The largest absolute Gasteiger partial charge is 0.481 e. The SMILES string of the molecule is N#Cc1ccccc1NC(=O)N1CCOC(CC(=O)O)C1. The van der Waals surface area contributed by atoms with E-state index < -0.39 is 12.1 Å². The molecule has 1 aromatic carbocycles. The molecule has 7 nitrogen and oxygen atoms in total. The summed E-state index contributed by atoms with van der Waals surface area (Å²) in [6.45, 7) is 0.898. The van der Waals surface area contributed by atoms with Gasteiger partial charge in [-0.05, 0) is 12.1 Å². The van der Waals surface area contributed by atoms with Gasteiger partial charge in [0.25, 0.3) is 0 Å². The van der Waals surface area contributed by atoms with Gasteiger partial charge in [0.2, 0.25) is 0 Å². The smallest absolute Gasteiger partial charge is 0.322 e. The number of carboxylic acid groups (broad SMARTS) is 1. The topological polar surface area (TPSA) is 103 Å². The van der Waals surface area contributed by atoms with Crippen molar-refractivity contribution in [1.82, 2.24) is 4.90 Å². The van der Waals surface area contributed by atoms with Crippen LogP contribution < -0.4 is 5.32 Å². The first-order valence-corrected chi connectivity index (χ1v) is 6.48. The number of nitrogens with one attached hydrogen (secondary N) is 1. The highest BCUT2D eigenvalue weighted by molar-refractivity contribution is 5.90. The Labute approximate surface area is 121 Å². The van der Waals surface area contributed by atoms with Crippen LogP contribution in [-0.4, -0.2) is 47.8 Å². The van der Waals surface area contributed by atoms with Crippen molar-refractivity contribution in [2.24, 2.45) is 0 Å². The number of carboxylic acids is 1. The molecule has 1 heterocycles. The quantitative estimate of drug-likeness (QED) is 0.872. The Bertz CT molecular complexity index is 582. The minimum absolute atomic E-state index is 0.140. The van der Waals surface area contributed by atoms with E-state index >= 15 is 0 Å². The highest BCUT2D eigenvalue weighted by Gasteiger charge is 2.26. The van der Waals surface area contributed by atoms with E-state index in [9.17, 15) is 9.59 Å². The van der Waals surface area contributed by atoms with Crippen molar-refractivity contribution in [2.45, 2.75) is 12.5 Å². The van der Waals surface area contributed by atoms with Crippen LogP contribution in [-0.2, 0) is 9.53 Å². The van der Waals surface area contributed by atoms with E-state index in [0.717, 1.165) is 0 Å². The molecule has 0 saturated carbocycles. The second-order valence-electron chi connectivity index (χ2n) is 4.62. The van der Waals surface area contributed by atoms with Gasteiger partial charge < -0.3 is 20.1 Å². The van der Waals surface area contributed by atoms with Gasteiger partial charge in [-0.3, -0.25) is 4.79 Å². The van der Waals surface area contributed by atoms with Crippen LogP contribution in [0.4, 0.5) is 10.5 Å². The first kappa shape index (κ1) is 14.8. The van der Waals surface area contributed by atoms with Crippen molar-refractivity contribution < 1.29 is 19.4 Å². The number of ether oxygens (including phenoxy) is 1. The summed E-state index contributed by atoms with van der Waals surface area (Å²) in [5.74, 6) is -0.961. The number of para-hydroxylation sites is 1. The lowest BCUT2D eigenvalue weighted by atomic mass is 10.2. The van der Waals surface area contributed by atoms with Crippen LogP contribution >= 0.6 is 0 Å². The van der Waals surface area contributed by atoms with Gasteiger partial charge >= 0.3 is 12.0 Å². The van der Waals surface area contributed by atoms with Crippen LogP contribution in [0, 0.1) is 11.3 Å². The van der Waals surface area contributed by atoms with E-state index in [4.69, 9.17) is 15.1 Å². The van der Waals surface area contributed by atoms with E-state index in [2.05, 4.69) is 5.32 Å². The van der Waals surface area contributed by atoms with Crippen LogP contribution in [0.5, 0.6) is 0 Å². The fourth-order valence-corrected chi connectivity index (χ4v) is 2.11. The fraction of sp³-hybridized carbons (Fsp3) is 0.357. The molecular formula is C14H15N3O4. The summed E-state index contributed by atoms with van der Waals surface area (Å²) in [5, 5.41) is 20.4. The summed E-state index contributed by atoms with van der Waals surface area (Å²) in [7, 11) is 0. The molecule has 110 valence electrons. The first-order chi connectivity index (χ1) is 10.1. The number of nitriles is 1. The molecule has 7 heteroatoms. The summed E-state index contributed by atoms with van der Waals surface area (Å²) in [6.07, 6.45) is -0.647. The number of carbonyl (C=O) groups is 2. The van der Waals surface area contributed by atoms with Crippen molar-refractivity contribution in [1.29, 1.82) is 5.26 Å². The van der Waals surface area contributed by atoms with Crippen LogP contribution in [0.3, 0.4) is 0 Å². The number of hydrogen-bond donors (Lipinski definition) is 2. The molecule has 1 aliphatic rings. The second kappa shape index (κ2) is 6.72. The number of urea groups is 1. The number of rotatable bonds is 3. The van der Waals surface area contributed by atoms with Gasteiger partial charge in [0.05, 0.1) is 30.4 Å². The predicted molar refractivity (Wildman–Crippen MR) is 73.7 cm³/mol. The molecule has 0 aromatic heterocycles. The number of benzene rings is 1. The number of aliphatic carboxylic acids is 1. The molecular weight excluding hydrogens is 274 g/mol. The molecule has 1 fully saturated rings. The highest BCUT2D eigenvalue weighted by Crippen LogP contribution is 2.16. The molecule has 1 aliphatic heterocycles. The van der Waals surface area contributed by atoms with Gasteiger partial charge in [-0.25, -0.2) is 4.79 Å². The maximum atomic E-state index is 12.2. The van der Waals surface area contributed by atoms with Crippen LogP contribution in [0.15, 0.2) is 24.3 Å². The Balaban J connectivity index is 2.00. The summed E-state index contributed by atoms with van der Waals surface area (Å²) < 4.78 is 5.31. The molecule has 0 radical (unpaired) electrons. The van der Waals surface area contributed by atoms with Crippen molar-refractivity contribution in [3.8, 4) is 6.07 Å². The Morgan fingerprint density at radius 2 is 2.24 bits per heavy atom. The molecule has 0 bridgehead atoms. The van der Waals surface area contributed by atoms with Crippen molar-refractivity contribution in [2.75, 3.05) is 25.0 Å². The standard InChI is InChI=1S/C14H15N3O4/c15-8-10-3-1-2-4-12(10)16-14(20)17-5-6-21-11(9-17)7-13(18)19/h1-4,11H,5-7,9H2,(H,16,20)(H,18,19). The maximum Gasteiger partial charge on any atom is 0.322 e. The van der Waals surface area contributed by atoms with Crippen molar-refractivity contribution in [3.05, 3.63) is 29.8 Å². The molecule has 21 heavy (non-hydrogen) atoms. The number of nitrogens with zero attached hydrogens (tertiary/aromatic N) is 2. The second-order valence-corrected chi connectivity index (χ2v) is 4.62. The Hall–Kier alpha value is -2.59. The lowest BCUT2D eigenvalue weighted by Gasteiger charge is -2.32. The minimum Gasteiger partial charge on any atom is -0.481 e. The van der Waals surface area contributed by atoms with Gasteiger partial charge in [-0.15, -0.1) is 0 Å². The monoisotopic (exact) mass is 289 g/mol. The number of morpholine rings is 1. The molecule has 0 aliphatic carbocycles. The lowest BCUT2D eigenvalue weighted by Crippen LogP contribution is -2.48. The van der Waals surface area contributed by atoms with Crippen LogP contribution in [0.2, 0.25) is 0 Å². The third-order valence-corrected chi connectivity index (χ3v) is 3.12. The zero-order valence-corrected chi connectivity index (χ0v) is 11.3. The van der Waals surface area contributed by atoms with E-state index in [1.807, 2.05) is 6.07 Å². The number of hydrogen-bond acceptors (Lipinski definition) is 4. The molecule has 1 aromatic rings. The summed E-state index contributed by atoms with van der Waals surface area (Å²) >= 11 is 0. The van der Waals surface area contributed by atoms with E-state index in [0.29, 0.717) is 24.4 Å². The van der Waals surface area contributed by atoms with Gasteiger partial charge in [-0.2, -0.15) is 5.26 Å². The number of carbonyl (C=O) groups excluding carboxylic acids is 1. The van der Waals surface area contributed by atoms with Crippen molar-refractivity contribution >= 4 is 17.7 Å². The molecule has 0 spiro atoms. The summed E-state index contributed by atoms with van der Waals surface area (Å²) in [6, 6.07) is 8.34. The van der Waals surface area contributed by atoms with E-state index in [1.165, 1.54) is 4.90 Å². The summed E-state index contributed by atoms with van der Waals surface area (Å²) in [4.78, 5) is 24.3. The molecule has 2 rings (SSSR count). The number of amides is 2. The Kier molecular flexibility index (Phi) is 4.74. The average Bonchev–Trinajstić information content (AvgIpc) is 2.47. The van der Waals surface area contributed by atoms with E-state index in [1.54, 1.807) is 24.3 Å².